The van der Waals surface area contributed by atoms with Crippen LogP contribution in [0.4, 0.5) is 0 Å². The molecule has 0 aliphatic heterocycles. The molecule has 0 amide bonds. The van der Waals surface area contributed by atoms with Crippen LogP contribution in [0.3, 0.4) is 0 Å². The van der Waals surface area contributed by atoms with Gasteiger partial charge in [-0.2, -0.15) is 0 Å². The smallest absolute Gasteiger partial charge is 0.124 e. The minimum atomic E-state index is -0.843. The van der Waals surface area contributed by atoms with Gasteiger partial charge < -0.3 is 20.3 Å². The van der Waals surface area contributed by atoms with Crippen LogP contribution in [0.5, 0.6) is 5.75 Å². The summed E-state index contributed by atoms with van der Waals surface area (Å²) in [6.07, 6.45) is 0.234. The van der Waals surface area contributed by atoms with Gasteiger partial charge >= 0.3 is 0 Å². The third kappa shape index (κ3) is 5.35. The number of hydrogen-bond acceptors (Lipinski definition) is 4. The largest absolute Gasteiger partial charge is 0.490 e. The molecule has 1 aromatic rings. The van der Waals surface area contributed by atoms with Crippen LogP contribution < -0.4 is 10.1 Å². The van der Waals surface area contributed by atoms with Crippen molar-refractivity contribution >= 4 is 15.9 Å². The first-order valence-electron chi connectivity index (χ1n) is 6.08. The molecule has 0 spiro atoms. The molecule has 102 valence electrons. The Labute approximate surface area is 116 Å². The van der Waals surface area contributed by atoms with Gasteiger partial charge in [0.15, 0.2) is 0 Å². The van der Waals surface area contributed by atoms with Crippen molar-refractivity contribution in [2.75, 3.05) is 19.8 Å². The van der Waals surface area contributed by atoms with Crippen LogP contribution in [-0.4, -0.2) is 36.1 Å². The van der Waals surface area contributed by atoms with Gasteiger partial charge in [-0.25, -0.2) is 0 Å². The summed E-state index contributed by atoms with van der Waals surface area (Å²) < 4.78 is 6.50. The third-order valence-corrected chi connectivity index (χ3v) is 2.90. The third-order valence-electron chi connectivity index (χ3n) is 2.41. The topological polar surface area (TPSA) is 61.7 Å². The molecule has 18 heavy (non-hydrogen) atoms. The second-order valence-corrected chi connectivity index (χ2v) is 4.99. The average Bonchev–Trinajstić information content (AvgIpc) is 2.37. The molecule has 1 atom stereocenters. The zero-order valence-electron chi connectivity index (χ0n) is 10.5. The first-order chi connectivity index (χ1) is 8.67. The van der Waals surface area contributed by atoms with Crippen molar-refractivity contribution in [2.45, 2.75) is 26.0 Å². The summed E-state index contributed by atoms with van der Waals surface area (Å²) in [6, 6.07) is 5.74. The van der Waals surface area contributed by atoms with Crippen LogP contribution in [0.1, 0.15) is 18.9 Å². The van der Waals surface area contributed by atoms with Crippen molar-refractivity contribution in [3.8, 4) is 5.75 Å². The van der Waals surface area contributed by atoms with Gasteiger partial charge in [0.05, 0.1) is 6.61 Å². The highest BCUT2D eigenvalue weighted by Gasteiger charge is 2.07. The number of halogens is 1. The fourth-order valence-corrected chi connectivity index (χ4v) is 1.87. The fraction of sp³-hybridized carbons (Fsp3) is 0.538. The highest BCUT2D eigenvalue weighted by molar-refractivity contribution is 9.10. The minimum absolute atomic E-state index is 0.0961. The molecule has 0 radical (unpaired) electrons. The molecule has 1 rings (SSSR count). The lowest BCUT2D eigenvalue weighted by Crippen LogP contribution is -2.22. The number of aliphatic hydroxyl groups is 2. The Bertz CT molecular complexity index is 360. The Kier molecular flexibility index (Phi) is 7.27. The first kappa shape index (κ1) is 15.4. The number of aliphatic hydroxyl groups excluding tert-OH is 2. The zero-order valence-corrected chi connectivity index (χ0v) is 12.1. The summed E-state index contributed by atoms with van der Waals surface area (Å²) in [4.78, 5) is 0. The number of rotatable bonds is 8. The van der Waals surface area contributed by atoms with Gasteiger partial charge in [0.25, 0.3) is 0 Å². The summed E-state index contributed by atoms with van der Waals surface area (Å²) in [5.41, 5.74) is 1.03. The van der Waals surface area contributed by atoms with Gasteiger partial charge in [0.2, 0.25) is 0 Å². The lowest BCUT2D eigenvalue weighted by atomic mass is 10.2. The first-order valence-corrected chi connectivity index (χ1v) is 6.87. The number of nitrogens with one attached hydrogen (secondary N) is 1. The molecule has 0 fully saturated rings. The number of ether oxygens (including phenoxy) is 1. The Morgan fingerprint density at radius 3 is 2.89 bits per heavy atom. The second kappa shape index (κ2) is 8.48. The van der Waals surface area contributed by atoms with Crippen LogP contribution in [0, 0.1) is 0 Å². The predicted octanol–water partition coefficient (Wildman–Crippen LogP) is 1.68. The van der Waals surface area contributed by atoms with Crippen LogP contribution in [0.25, 0.3) is 0 Å². The highest BCUT2D eigenvalue weighted by Crippen LogP contribution is 2.23. The Morgan fingerprint density at radius 2 is 2.22 bits per heavy atom. The molecule has 1 unspecified atom stereocenters. The average molecular weight is 318 g/mol. The summed E-state index contributed by atoms with van der Waals surface area (Å²) in [5.74, 6) is 0.731. The molecule has 0 aromatic heterocycles. The molecular weight excluding hydrogens is 298 g/mol. The molecule has 3 N–H and O–H groups in total. The molecule has 0 heterocycles. The van der Waals surface area contributed by atoms with E-state index in [9.17, 15) is 5.11 Å². The van der Waals surface area contributed by atoms with Gasteiger partial charge in [-0.05, 0) is 31.2 Å². The molecule has 4 nitrogen and oxygen atoms in total. The van der Waals surface area contributed by atoms with E-state index < -0.39 is 6.10 Å². The van der Waals surface area contributed by atoms with E-state index in [1.807, 2.05) is 18.2 Å². The van der Waals surface area contributed by atoms with E-state index in [1.54, 1.807) is 0 Å². The minimum Gasteiger partial charge on any atom is -0.490 e. The van der Waals surface area contributed by atoms with Gasteiger partial charge in [0, 0.05) is 16.6 Å². The molecule has 0 saturated carbocycles. The van der Waals surface area contributed by atoms with Gasteiger partial charge in [-0.3, -0.25) is 0 Å². The van der Waals surface area contributed by atoms with E-state index >= 15 is 0 Å². The molecule has 5 heteroatoms. The van der Waals surface area contributed by atoms with Crippen molar-refractivity contribution in [3.05, 3.63) is 28.2 Å². The van der Waals surface area contributed by atoms with Crippen LogP contribution in [0.2, 0.25) is 0 Å². The quantitative estimate of drug-likeness (QED) is 0.638. The zero-order chi connectivity index (χ0) is 13.4. The summed E-state index contributed by atoms with van der Waals surface area (Å²) in [5, 5.41) is 21.3. The van der Waals surface area contributed by atoms with Crippen molar-refractivity contribution in [1.29, 1.82) is 0 Å². The highest BCUT2D eigenvalue weighted by atomic mass is 79.9. The van der Waals surface area contributed by atoms with Crippen molar-refractivity contribution in [2.24, 2.45) is 0 Å². The van der Waals surface area contributed by atoms with Gasteiger partial charge in [-0.1, -0.05) is 22.9 Å². The summed E-state index contributed by atoms with van der Waals surface area (Å²) in [6.45, 7) is 3.59. The Balaban J connectivity index is 2.63. The lowest BCUT2D eigenvalue weighted by Gasteiger charge is -2.14. The maximum atomic E-state index is 9.28. The van der Waals surface area contributed by atoms with E-state index in [2.05, 4.69) is 28.2 Å². The SMILES string of the molecule is CCCNCc1cc(Br)ccc1OCC(O)CO. The molecule has 0 aliphatic carbocycles. The normalized spacial score (nSPS) is 12.4. The predicted molar refractivity (Wildman–Crippen MR) is 74.7 cm³/mol. The molecule has 0 bridgehead atoms. The van der Waals surface area contributed by atoms with Gasteiger partial charge in [-0.15, -0.1) is 0 Å². The Hall–Kier alpha value is -0.620. The van der Waals surface area contributed by atoms with Crippen molar-refractivity contribution in [1.82, 2.24) is 5.32 Å². The van der Waals surface area contributed by atoms with E-state index in [0.29, 0.717) is 0 Å². The van der Waals surface area contributed by atoms with Gasteiger partial charge in [0.1, 0.15) is 18.5 Å². The molecule has 0 saturated heterocycles. The monoisotopic (exact) mass is 317 g/mol. The van der Waals surface area contributed by atoms with Crippen LogP contribution in [0.15, 0.2) is 22.7 Å². The molecule has 1 aromatic carbocycles. The molecule has 0 aliphatic rings. The lowest BCUT2D eigenvalue weighted by molar-refractivity contribution is 0.0532. The Morgan fingerprint density at radius 1 is 1.44 bits per heavy atom. The number of hydrogen-bond donors (Lipinski definition) is 3. The standard InChI is InChI=1S/C13H20BrNO3/c1-2-5-15-7-10-6-11(14)3-4-13(10)18-9-12(17)8-16/h3-4,6,12,15-17H,2,5,7-9H2,1H3. The van der Waals surface area contributed by atoms with E-state index in [1.165, 1.54) is 0 Å². The van der Waals surface area contributed by atoms with Crippen LogP contribution in [-0.2, 0) is 6.54 Å². The van der Waals surface area contributed by atoms with Crippen LogP contribution >= 0.6 is 15.9 Å². The fourth-order valence-electron chi connectivity index (χ4n) is 1.47. The van der Waals surface area contributed by atoms with Crippen molar-refractivity contribution < 1.29 is 14.9 Å². The second-order valence-electron chi connectivity index (χ2n) is 4.08. The summed E-state index contributed by atoms with van der Waals surface area (Å²) in [7, 11) is 0. The van der Waals surface area contributed by atoms with E-state index in [0.717, 1.165) is 35.3 Å². The summed E-state index contributed by atoms with van der Waals surface area (Å²) >= 11 is 3.43. The number of benzene rings is 1. The molecular formula is C13H20BrNO3. The van der Waals surface area contributed by atoms with E-state index in [-0.39, 0.29) is 13.2 Å². The maximum Gasteiger partial charge on any atom is 0.124 e. The van der Waals surface area contributed by atoms with Crippen molar-refractivity contribution in [3.63, 3.8) is 0 Å². The van der Waals surface area contributed by atoms with E-state index in [4.69, 9.17) is 9.84 Å². The maximum absolute atomic E-state index is 9.28.